The third kappa shape index (κ3) is 34.0. The maximum absolute atomic E-state index is 11.8. The highest BCUT2D eigenvalue weighted by molar-refractivity contribution is 8.77. The number of carbonyl (C=O) groups excluding carboxylic acids is 12. The third-order valence-electron chi connectivity index (χ3n) is 12.1. The summed E-state index contributed by atoms with van der Waals surface area (Å²) in [6, 6.07) is 37.9. The molecule has 4 amide bonds. The average molecular weight is 1550 g/mol. The second-order valence-corrected chi connectivity index (χ2v) is 29.4. The molecule has 34 heteroatoms. The molecule has 4 heterocycles. The molecule has 2 aliphatic rings. The first-order valence-electron chi connectivity index (χ1n) is 30.1. The molecule has 0 spiro atoms. The van der Waals surface area contributed by atoms with E-state index in [1.54, 1.807) is 126 Å². The summed E-state index contributed by atoms with van der Waals surface area (Å²) in [5, 5.41) is 0.873. The Morgan fingerprint density at radius 2 is 0.588 bits per heavy atom. The monoisotopic (exact) mass is 1550 g/mol. The molecule has 2 aromatic heterocycles. The lowest BCUT2D eigenvalue weighted by Crippen LogP contribution is -2.32. The fourth-order valence-corrected chi connectivity index (χ4v) is 14.2. The standard InChI is InChI=1S/C22H19NO7S2.C22H19NO4S2.C12H15NO7S2.C12H15NO4S2/c1-2-21(26)28-13-15-3-7-17(8-4-15)31-32-18-9-5-16(6-10-18)14-29-22(27)30-23-19(24)11-12-20(23)25;1-2-21(24)26-15-17-5-9-19(10-6-17)28-29-20-11-7-18(8-12-20)16-27-22(25)23-13-3-4-14-23;1-2-11(16)18-5-7-21-22-8-6-19-12(17)20-13-9(14)3-4-10(13)15;1-2-11(14)16-7-9-18-19-10-8-17-12(15)13-5-3-4-6-13/h2-10H,1,11-14H2;2-14H,1,15-16H2;2H,1,3-8H2;2-6H,1,7-10H2. The molecule has 2 saturated heterocycles. The Morgan fingerprint density at radius 1 is 0.333 bits per heavy atom. The van der Waals surface area contributed by atoms with Gasteiger partial charge in [-0.05, 0) is 95.1 Å². The second-order valence-electron chi connectivity index (χ2n) is 19.4. The summed E-state index contributed by atoms with van der Waals surface area (Å²) in [6.45, 7) is 14.9. The summed E-state index contributed by atoms with van der Waals surface area (Å²) < 4.78 is 42.3. The van der Waals surface area contributed by atoms with E-state index in [2.05, 4.69) is 36.0 Å². The fraction of sp³-hybridized carbons (Fsp3) is 0.235. The van der Waals surface area contributed by atoms with E-state index in [4.69, 9.17) is 37.9 Å². The number of aromatic nitrogens is 2. The topological polar surface area (TPSA) is 313 Å². The first kappa shape index (κ1) is 83.5. The molecule has 540 valence electrons. The molecule has 0 N–H and O–H groups in total. The van der Waals surface area contributed by atoms with Crippen LogP contribution in [0.1, 0.15) is 47.9 Å². The van der Waals surface area contributed by atoms with Crippen LogP contribution in [0.4, 0.5) is 19.2 Å². The van der Waals surface area contributed by atoms with Crippen LogP contribution in [0.15, 0.2) is 216 Å². The molecular weight excluding hydrogens is 1480 g/mol. The zero-order valence-corrected chi connectivity index (χ0v) is 60.9. The zero-order chi connectivity index (χ0) is 73.7. The van der Waals surface area contributed by atoms with Crippen molar-refractivity contribution in [2.75, 3.05) is 49.4 Å². The predicted molar refractivity (Wildman–Crippen MR) is 388 cm³/mol. The van der Waals surface area contributed by atoms with Gasteiger partial charge in [0.05, 0.1) is 0 Å². The number of rotatable bonds is 34. The lowest BCUT2D eigenvalue weighted by molar-refractivity contribution is -0.177. The average Bonchev–Trinajstić information content (AvgIpc) is 1.69. The molecule has 26 nitrogen and oxygen atoms in total. The van der Waals surface area contributed by atoms with Gasteiger partial charge in [0.15, 0.2) is 0 Å². The highest BCUT2D eigenvalue weighted by Gasteiger charge is 2.34. The molecule has 2 fully saturated rings. The van der Waals surface area contributed by atoms with E-state index in [9.17, 15) is 57.5 Å². The number of hydrogen-bond donors (Lipinski definition) is 0. The molecule has 102 heavy (non-hydrogen) atoms. The molecule has 0 atom stereocenters. The Morgan fingerprint density at radius 3 is 0.902 bits per heavy atom. The first-order chi connectivity index (χ1) is 49.4. The number of esters is 4. The Hall–Kier alpha value is -9.16. The SMILES string of the molecule is C=CC(=O)OCCSSCCOC(=O)ON1C(=O)CCC1=O.C=CC(=O)OCCSSCCOC(=O)n1cccc1.C=CC(=O)OCc1ccc(SSc2ccc(COC(=O)ON3C(=O)CCC3=O)cc2)cc1.C=CC(=O)OCc1ccc(SSc2ccc(COC(=O)n3cccc3)cc2)cc1. The second kappa shape index (κ2) is 48.6. The number of carbonyl (C=O) groups is 12. The quantitative estimate of drug-likeness (QED) is 0.00904. The van der Waals surface area contributed by atoms with Gasteiger partial charge in [0.2, 0.25) is 0 Å². The van der Waals surface area contributed by atoms with E-state index in [1.807, 2.05) is 84.9 Å². The molecule has 0 saturated carbocycles. The van der Waals surface area contributed by atoms with Crippen molar-refractivity contribution >= 4 is 158 Å². The fourth-order valence-electron chi connectivity index (χ4n) is 7.08. The summed E-state index contributed by atoms with van der Waals surface area (Å²) in [5.41, 5.74) is 3.47. The van der Waals surface area contributed by atoms with E-state index in [-0.39, 0.29) is 71.4 Å². The molecule has 6 aromatic rings. The van der Waals surface area contributed by atoms with Gasteiger partial charge >= 0.3 is 48.4 Å². The Balaban J connectivity index is 0.000000250. The van der Waals surface area contributed by atoms with Crippen LogP contribution >= 0.6 is 86.4 Å². The van der Waals surface area contributed by atoms with Gasteiger partial charge in [-0.3, -0.25) is 38.0 Å². The van der Waals surface area contributed by atoms with Gasteiger partial charge < -0.3 is 37.9 Å². The Kier molecular flexibility index (Phi) is 39.8. The van der Waals surface area contributed by atoms with Crippen molar-refractivity contribution in [2.45, 2.75) is 71.7 Å². The highest BCUT2D eigenvalue weighted by atomic mass is 33.1. The van der Waals surface area contributed by atoms with Crippen LogP contribution in [0.25, 0.3) is 0 Å². The Bertz CT molecular complexity index is 3720. The highest BCUT2D eigenvalue weighted by Crippen LogP contribution is 2.39. The summed E-state index contributed by atoms with van der Waals surface area (Å²) in [5.74, 6) is -1.54. The van der Waals surface area contributed by atoms with Crippen molar-refractivity contribution in [3.8, 4) is 0 Å². The zero-order valence-electron chi connectivity index (χ0n) is 54.3. The Labute approximate surface area is 618 Å². The number of benzene rings is 4. The van der Waals surface area contributed by atoms with Crippen LogP contribution in [-0.2, 0) is 112 Å². The van der Waals surface area contributed by atoms with Crippen molar-refractivity contribution in [2.24, 2.45) is 0 Å². The lowest BCUT2D eigenvalue weighted by atomic mass is 10.2. The summed E-state index contributed by atoms with van der Waals surface area (Å²) >= 11 is 0. The van der Waals surface area contributed by atoms with Gasteiger partial charge in [0, 0.05) is 117 Å². The maximum atomic E-state index is 11.8. The van der Waals surface area contributed by atoms with Gasteiger partial charge in [0.25, 0.3) is 23.6 Å². The predicted octanol–water partition coefficient (Wildman–Crippen LogP) is 14.0. The normalized spacial score (nSPS) is 11.9. The molecular formula is C68H68N4O22S8. The van der Waals surface area contributed by atoms with E-state index >= 15 is 0 Å². The minimum Gasteiger partial charge on any atom is -0.462 e. The van der Waals surface area contributed by atoms with E-state index in [0.29, 0.717) is 46.4 Å². The van der Waals surface area contributed by atoms with E-state index < -0.39 is 65.9 Å². The summed E-state index contributed by atoms with van der Waals surface area (Å²) in [6.07, 6.45) is 8.24. The summed E-state index contributed by atoms with van der Waals surface area (Å²) in [4.78, 5) is 148. The molecule has 0 radical (unpaired) electrons. The van der Waals surface area contributed by atoms with Crippen LogP contribution in [-0.4, -0.2) is 141 Å². The number of hydroxylamine groups is 4. The first-order valence-corrected chi connectivity index (χ1v) is 39.4. The number of ether oxygens (including phenoxy) is 8. The van der Waals surface area contributed by atoms with E-state index in [0.717, 1.165) is 66.1 Å². The number of hydrogen-bond acceptors (Lipinski definition) is 30. The molecule has 0 aliphatic carbocycles. The van der Waals surface area contributed by atoms with Crippen LogP contribution in [0.5, 0.6) is 0 Å². The van der Waals surface area contributed by atoms with Crippen LogP contribution in [0.3, 0.4) is 0 Å². The van der Waals surface area contributed by atoms with E-state index in [1.165, 1.54) is 30.7 Å². The van der Waals surface area contributed by atoms with Crippen molar-refractivity contribution in [3.63, 3.8) is 0 Å². The van der Waals surface area contributed by atoms with Gasteiger partial charge in [0.1, 0.15) is 52.9 Å². The summed E-state index contributed by atoms with van der Waals surface area (Å²) in [7, 11) is 12.4. The van der Waals surface area contributed by atoms with Crippen molar-refractivity contribution in [1.29, 1.82) is 0 Å². The molecule has 0 bridgehead atoms. The van der Waals surface area contributed by atoms with Gasteiger partial charge in [-0.15, -0.1) is 0 Å². The molecule has 4 aromatic carbocycles. The molecule has 2 aliphatic heterocycles. The largest absolute Gasteiger partial charge is 0.534 e. The number of imide groups is 2. The molecule has 0 unspecified atom stereocenters. The van der Waals surface area contributed by atoms with Crippen LogP contribution in [0.2, 0.25) is 0 Å². The maximum Gasteiger partial charge on any atom is 0.534 e. The van der Waals surface area contributed by atoms with Crippen molar-refractivity contribution in [1.82, 2.24) is 19.3 Å². The van der Waals surface area contributed by atoms with Gasteiger partial charge in [-0.1, -0.05) is 171 Å². The van der Waals surface area contributed by atoms with Crippen molar-refractivity contribution in [3.05, 3.63) is 219 Å². The molecule has 8 rings (SSSR count). The van der Waals surface area contributed by atoms with Gasteiger partial charge in [-0.2, -0.15) is 0 Å². The van der Waals surface area contributed by atoms with Crippen LogP contribution < -0.4 is 0 Å². The van der Waals surface area contributed by atoms with Crippen LogP contribution in [0, 0.1) is 0 Å². The minimum atomic E-state index is -1.11. The number of nitrogens with zero attached hydrogens (tertiary/aromatic N) is 4. The van der Waals surface area contributed by atoms with Gasteiger partial charge in [-0.25, -0.2) is 38.4 Å². The number of amides is 4. The smallest absolute Gasteiger partial charge is 0.462 e. The minimum absolute atomic E-state index is 0.0263. The lowest BCUT2D eigenvalue weighted by Gasteiger charge is -2.12. The third-order valence-corrected chi connectivity index (χ3v) is 21.6. The van der Waals surface area contributed by atoms with Crippen molar-refractivity contribution < 1.29 is 105 Å².